The lowest BCUT2D eigenvalue weighted by atomic mass is 10.2. The number of aliphatic hydroxyl groups is 1. The lowest BCUT2D eigenvalue weighted by Gasteiger charge is -2.07. The van der Waals surface area contributed by atoms with Gasteiger partial charge in [-0.15, -0.1) is 5.10 Å². The Bertz CT molecular complexity index is 776. The quantitative estimate of drug-likeness (QED) is 0.723. The second kappa shape index (κ2) is 6.91. The average molecular weight is 337 g/mol. The lowest BCUT2D eigenvalue weighted by Crippen LogP contribution is -2.20. The Morgan fingerprint density at radius 3 is 3.00 bits per heavy atom. The molecule has 0 aliphatic heterocycles. The molecule has 6 nitrogen and oxygen atoms in total. The minimum atomic E-state index is -0.726. The highest BCUT2D eigenvalue weighted by atomic mass is 35.5. The fourth-order valence-electron chi connectivity index (χ4n) is 2.05. The van der Waals surface area contributed by atoms with Crippen molar-refractivity contribution >= 4 is 11.6 Å². The van der Waals surface area contributed by atoms with E-state index in [-0.39, 0.29) is 5.02 Å². The molecule has 0 radical (unpaired) electrons. The Labute approximate surface area is 136 Å². The Hall–Kier alpha value is -2.22. The van der Waals surface area contributed by atoms with Gasteiger partial charge in [0.2, 0.25) is 0 Å². The number of nitrogens with one attached hydrogen (secondary N) is 1. The van der Waals surface area contributed by atoms with Gasteiger partial charge in [0, 0.05) is 13.1 Å². The van der Waals surface area contributed by atoms with Crippen LogP contribution in [0.3, 0.4) is 0 Å². The van der Waals surface area contributed by atoms with Crippen LogP contribution in [0.5, 0.6) is 0 Å². The first kappa shape index (κ1) is 15.7. The van der Waals surface area contributed by atoms with Gasteiger partial charge in [0.05, 0.1) is 28.9 Å². The molecule has 0 saturated heterocycles. The fraction of sp³-hybridized carbons (Fsp3) is 0.200. The second-order valence-electron chi connectivity index (χ2n) is 4.91. The Balaban J connectivity index is 1.58. The van der Waals surface area contributed by atoms with Crippen molar-refractivity contribution in [3.63, 3.8) is 0 Å². The number of halogens is 2. The topological polar surface area (TPSA) is 76.1 Å². The highest BCUT2D eigenvalue weighted by molar-refractivity contribution is 6.30. The Morgan fingerprint density at radius 2 is 2.26 bits per heavy atom. The van der Waals surface area contributed by atoms with Gasteiger partial charge in [-0.05, 0) is 30.3 Å². The molecule has 8 heteroatoms. The van der Waals surface area contributed by atoms with Crippen LogP contribution in [0, 0.1) is 5.82 Å². The molecular weight excluding hydrogens is 323 g/mol. The summed E-state index contributed by atoms with van der Waals surface area (Å²) in [6.45, 7) is 0.745. The van der Waals surface area contributed by atoms with Crippen LogP contribution in [0.15, 0.2) is 47.2 Å². The molecule has 2 heterocycles. The molecule has 0 fully saturated rings. The van der Waals surface area contributed by atoms with Gasteiger partial charge >= 0.3 is 0 Å². The molecule has 23 heavy (non-hydrogen) atoms. The number of aliphatic hydroxyl groups excluding tert-OH is 1. The van der Waals surface area contributed by atoms with Crippen molar-refractivity contribution < 1.29 is 13.9 Å². The van der Waals surface area contributed by atoms with E-state index in [1.807, 2.05) is 0 Å². The highest BCUT2D eigenvalue weighted by Gasteiger charge is 2.10. The predicted octanol–water partition coefficient (Wildman–Crippen LogP) is 2.48. The lowest BCUT2D eigenvalue weighted by molar-refractivity contribution is 0.147. The summed E-state index contributed by atoms with van der Waals surface area (Å²) >= 11 is 5.75. The summed E-state index contributed by atoms with van der Waals surface area (Å²) in [6, 6.07) is 7.74. The summed E-state index contributed by atoms with van der Waals surface area (Å²) in [5.74, 6) is 0.0199. The molecule has 0 amide bonds. The van der Waals surface area contributed by atoms with E-state index < -0.39 is 11.9 Å². The molecular formula is C15H14ClFN4O2. The van der Waals surface area contributed by atoms with Crippen molar-refractivity contribution in [2.45, 2.75) is 12.6 Å². The first-order valence-electron chi connectivity index (χ1n) is 6.92. The molecule has 3 aromatic rings. The molecule has 2 N–H and O–H groups in total. The number of furan rings is 1. The van der Waals surface area contributed by atoms with Crippen molar-refractivity contribution in [2.24, 2.45) is 0 Å². The standard InChI is InChI=1S/C15H14ClFN4O2/c16-12-6-11(3-4-13(12)17)21-9-10(19-20-21)7-18-8-14(22)15-2-1-5-23-15/h1-6,9,14,18,22H,7-8H2/t14-/m0/s1. The van der Waals surface area contributed by atoms with E-state index in [2.05, 4.69) is 15.6 Å². The number of benzene rings is 1. The molecule has 0 bridgehead atoms. The SMILES string of the molecule is O[C@@H](CNCc1cn(-c2ccc(F)c(Cl)c2)nn1)c1ccco1. The van der Waals surface area contributed by atoms with Crippen molar-refractivity contribution in [3.8, 4) is 5.69 Å². The minimum absolute atomic E-state index is 0.0271. The van der Waals surface area contributed by atoms with Crippen LogP contribution >= 0.6 is 11.6 Å². The van der Waals surface area contributed by atoms with Crippen LogP contribution in [0.1, 0.15) is 17.6 Å². The van der Waals surface area contributed by atoms with Crippen LogP contribution in [0.2, 0.25) is 5.02 Å². The van der Waals surface area contributed by atoms with Gasteiger partial charge in [0.1, 0.15) is 17.7 Å². The monoisotopic (exact) mass is 336 g/mol. The van der Waals surface area contributed by atoms with E-state index in [1.165, 1.54) is 23.1 Å². The van der Waals surface area contributed by atoms with Crippen LogP contribution < -0.4 is 5.32 Å². The van der Waals surface area contributed by atoms with Crippen LogP contribution in [-0.2, 0) is 6.54 Å². The summed E-state index contributed by atoms with van der Waals surface area (Å²) in [5, 5.41) is 21.0. The molecule has 0 saturated carbocycles. The van der Waals surface area contributed by atoms with Gasteiger partial charge in [-0.1, -0.05) is 16.8 Å². The fourth-order valence-corrected chi connectivity index (χ4v) is 2.23. The van der Waals surface area contributed by atoms with E-state index >= 15 is 0 Å². The smallest absolute Gasteiger partial charge is 0.141 e. The predicted molar refractivity (Wildman–Crippen MR) is 81.7 cm³/mol. The van der Waals surface area contributed by atoms with Crippen molar-refractivity contribution in [2.75, 3.05) is 6.54 Å². The van der Waals surface area contributed by atoms with E-state index in [9.17, 15) is 9.50 Å². The van der Waals surface area contributed by atoms with Gasteiger partial charge in [0.25, 0.3) is 0 Å². The molecule has 0 aliphatic carbocycles. The summed E-state index contributed by atoms with van der Waals surface area (Å²) in [4.78, 5) is 0. The van der Waals surface area contributed by atoms with Gasteiger partial charge in [-0.2, -0.15) is 0 Å². The molecule has 0 unspecified atom stereocenters. The number of hydrogen-bond acceptors (Lipinski definition) is 5. The zero-order valence-electron chi connectivity index (χ0n) is 12.0. The summed E-state index contributed by atoms with van der Waals surface area (Å²) in [7, 11) is 0. The molecule has 1 aromatic carbocycles. The van der Waals surface area contributed by atoms with Crippen molar-refractivity contribution in [3.05, 3.63) is 65.1 Å². The second-order valence-corrected chi connectivity index (χ2v) is 5.32. The van der Waals surface area contributed by atoms with E-state index in [0.29, 0.717) is 30.2 Å². The van der Waals surface area contributed by atoms with Gasteiger partial charge in [0.15, 0.2) is 0 Å². The zero-order chi connectivity index (χ0) is 16.2. The maximum Gasteiger partial charge on any atom is 0.141 e. The molecule has 0 spiro atoms. The third kappa shape index (κ3) is 3.76. The number of hydrogen-bond donors (Lipinski definition) is 2. The minimum Gasteiger partial charge on any atom is -0.467 e. The van der Waals surface area contributed by atoms with Crippen molar-refractivity contribution in [1.29, 1.82) is 0 Å². The first-order chi connectivity index (χ1) is 11.1. The maximum atomic E-state index is 13.2. The number of aromatic nitrogens is 3. The summed E-state index contributed by atoms with van der Waals surface area (Å²) < 4.78 is 19.8. The summed E-state index contributed by atoms with van der Waals surface area (Å²) in [5.41, 5.74) is 1.29. The Kier molecular flexibility index (Phi) is 4.71. The largest absolute Gasteiger partial charge is 0.467 e. The third-order valence-corrected chi connectivity index (χ3v) is 3.51. The zero-order valence-corrected chi connectivity index (χ0v) is 12.7. The summed E-state index contributed by atoms with van der Waals surface area (Å²) in [6.07, 6.45) is 2.49. The number of nitrogens with zero attached hydrogens (tertiary/aromatic N) is 3. The van der Waals surface area contributed by atoms with E-state index in [0.717, 1.165) is 0 Å². The van der Waals surface area contributed by atoms with E-state index in [1.54, 1.807) is 24.4 Å². The van der Waals surface area contributed by atoms with Gasteiger partial charge in [-0.3, -0.25) is 0 Å². The van der Waals surface area contributed by atoms with Gasteiger partial charge < -0.3 is 14.8 Å². The normalized spacial score (nSPS) is 12.5. The van der Waals surface area contributed by atoms with Crippen LogP contribution in [0.25, 0.3) is 5.69 Å². The molecule has 0 aliphatic rings. The maximum absolute atomic E-state index is 13.2. The highest BCUT2D eigenvalue weighted by Crippen LogP contribution is 2.18. The molecule has 3 rings (SSSR count). The van der Waals surface area contributed by atoms with Crippen LogP contribution in [0.4, 0.5) is 4.39 Å². The Morgan fingerprint density at radius 1 is 1.39 bits per heavy atom. The van der Waals surface area contributed by atoms with Gasteiger partial charge in [-0.25, -0.2) is 9.07 Å². The van der Waals surface area contributed by atoms with Crippen molar-refractivity contribution in [1.82, 2.24) is 20.3 Å². The molecule has 1 atom stereocenters. The van der Waals surface area contributed by atoms with Crippen LogP contribution in [-0.4, -0.2) is 26.6 Å². The average Bonchev–Trinajstić information content (AvgIpc) is 3.21. The van der Waals surface area contributed by atoms with E-state index in [4.69, 9.17) is 16.0 Å². The number of rotatable bonds is 6. The first-order valence-corrected chi connectivity index (χ1v) is 7.30. The molecule has 120 valence electrons. The third-order valence-electron chi connectivity index (χ3n) is 3.22. The molecule has 2 aromatic heterocycles.